The predicted octanol–water partition coefficient (Wildman–Crippen LogP) is 3.50. The molecule has 0 saturated carbocycles. The molecule has 0 bridgehead atoms. The summed E-state index contributed by atoms with van der Waals surface area (Å²) in [4.78, 5) is 12.0. The topological polar surface area (TPSA) is 69.2 Å². The average Bonchev–Trinajstić information content (AvgIpc) is 2.66. The van der Waals surface area contributed by atoms with Gasteiger partial charge in [-0.3, -0.25) is 4.79 Å². The Balaban J connectivity index is 2.17. The zero-order chi connectivity index (χ0) is 20.0. The minimum atomic E-state index is -4.53. The van der Waals surface area contributed by atoms with E-state index in [0.717, 1.165) is 18.2 Å². The molecule has 0 aliphatic heterocycles. The summed E-state index contributed by atoms with van der Waals surface area (Å²) in [5, 5.41) is 3.76. The molecule has 0 fully saturated rings. The summed E-state index contributed by atoms with van der Waals surface area (Å²) in [6.45, 7) is 0. The van der Waals surface area contributed by atoms with E-state index in [4.69, 9.17) is 14.2 Å². The van der Waals surface area contributed by atoms with Crippen LogP contribution in [0.15, 0.2) is 41.5 Å². The van der Waals surface area contributed by atoms with Gasteiger partial charge in [0.25, 0.3) is 5.91 Å². The molecule has 1 amide bonds. The number of amides is 1. The number of nitrogens with zero attached hydrogens (tertiary/aromatic N) is 1. The number of ether oxygens (including phenoxy) is 3. The van der Waals surface area contributed by atoms with Crippen LogP contribution < -0.4 is 19.6 Å². The van der Waals surface area contributed by atoms with Crippen LogP contribution in [0.2, 0.25) is 0 Å². The molecule has 6 nitrogen and oxygen atoms in total. The number of alkyl halides is 3. The molecule has 27 heavy (non-hydrogen) atoms. The van der Waals surface area contributed by atoms with E-state index in [1.165, 1.54) is 33.6 Å². The van der Waals surface area contributed by atoms with Gasteiger partial charge >= 0.3 is 6.18 Å². The van der Waals surface area contributed by atoms with Gasteiger partial charge in [-0.05, 0) is 30.3 Å². The van der Waals surface area contributed by atoms with E-state index in [0.29, 0.717) is 22.8 Å². The third kappa shape index (κ3) is 4.90. The summed E-state index contributed by atoms with van der Waals surface area (Å²) >= 11 is 0. The van der Waals surface area contributed by atoms with Crippen LogP contribution in [0.3, 0.4) is 0 Å². The van der Waals surface area contributed by atoms with Crippen molar-refractivity contribution in [3.63, 3.8) is 0 Å². The van der Waals surface area contributed by atoms with E-state index in [1.807, 2.05) is 0 Å². The molecular formula is C18H17F3N2O4. The lowest BCUT2D eigenvalue weighted by atomic mass is 10.1. The molecule has 2 aromatic carbocycles. The maximum Gasteiger partial charge on any atom is 0.416 e. The second-order valence-electron chi connectivity index (χ2n) is 5.24. The van der Waals surface area contributed by atoms with Crippen molar-refractivity contribution >= 4 is 12.1 Å². The highest BCUT2D eigenvalue weighted by atomic mass is 19.4. The van der Waals surface area contributed by atoms with Crippen molar-refractivity contribution in [2.45, 2.75) is 6.18 Å². The molecular weight excluding hydrogens is 365 g/mol. The lowest BCUT2D eigenvalue weighted by Gasteiger charge is -2.12. The number of halogens is 3. The van der Waals surface area contributed by atoms with Crippen LogP contribution in [0.25, 0.3) is 0 Å². The quantitative estimate of drug-likeness (QED) is 0.613. The summed E-state index contributed by atoms with van der Waals surface area (Å²) in [6.07, 6.45) is -3.23. The number of hydrogen-bond donors (Lipinski definition) is 1. The van der Waals surface area contributed by atoms with E-state index in [-0.39, 0.29) is 5.56 Å². The van der Waals surface area contributed by atoms with Gasteiger partial charge in [0.1, 0.15) is 0 Å². The molecule has 0 unspecified atom stereocenters. The molecule has 2 aromatic rings. The Morgan fingerprint density at radius 1 is 1.04 bits per heavy atom. The first-order valence-electron chi connectivity index (χ1n) is 7.60. The Labute approximate surface area is 153 Å². The van der Waals surface area contributed by atoms with Crippen molar-refractivity contribution in [3.8, 4) is 17.2 Å². The molecule has 0 aromatic heterocycles. The Kier molecular flexibility index (Phi) is 6.27. The lowest BCUT2D eigenvalue weighted by Crippen LogP contribution is -2.18. The maximum absolute atomic E-state index is 12.7. The van der Waals surface area contributed by atoms with Gasteiger partial charge in [0, 0.05) is 11.1 Å². The lowest BCUT2D eigenvalue weighted by molar-refractivity contribution is -0.137. The molecule has 0 spiro atoms. The number of benzene rings is 2. The highest BCUT2D eigenvalue weighted by Crippen LogP contribution is 2.37. The van der Waals surface area contributed by atoms with Crippen molar-refractivity contribution in [2.75, 3.05) is 21.3 Å². The van der Waals surface area contributed by atoms with Crippen molar-refractivity contribution in [1.29, 1.82) is 0 Å². The first-order chi connectivity index (χ1) is 12.8. The van der Waals surface area contributed by atoms with Gasteiger partial charge in [0.15, 0.2) is 11.5 Å². The van der Waals surface area contributed by atoms with Crippen molar-refractivity contribution < 1.29 is 32.2 Å². The molecule has 0 heterocycles. The van der Waals surface area contributed by atoms with Crippen LogP contribution in [-0.4, -0.2) is 33.5 Å². The third-order valence-electron chi connectivity index (χ3n) is 3.52. The number of rotatable bonds is 6. The van der Waals surface area contributed by atoms with Crippen LogP contribution in [0.5, 0.6) is 17.2 Å². The van der Waals surface area contributed by atoms with E-state index in [2.05, 4.69) is 10.5 Å². The largest absolute Gasteiger partial charge is 0.493 e. The number of hydrazone groups is 1. The van der Waals surface area contributed by atoms with Crippen LogP contribution in [0, 0.1) is 0 Å². The highest BCUT2D eigenvalue weighted by Gasteiger charge is 2.30. The third-order valence-corrected chi connectivity index (χ3v) is 3.52. The fourth-order valence-corrected chi connectivity index (χ4v) is 2.24. The molecule has 2 rings (SSSR count). The predicted molar refractivity (Wildman–Crippen MR) is 92.6 cm³/mol. The van der Waals surface area contributed by atoms with Crippen molar-refractivity contribution in [3.05, 3.63) is 53.1 Å². The number of methoxy groups -OCH3 is 3. The molecule has 1 N–H and O–H groups in total. The summed E-state index contributed by atoms with van der Waals surface area (Å²) in [5.41, 5.74) is 1.63. The first-order valence-corrected chi connectivity index (χ1v) is 7.60. The Bertz CT molecular complexity index is 826. The SMILES string of the molecule is COc1cc(/C=N/NC(=O)c2cccc(C(F)(F)F)c2)cc(OC)c1OC. The number of carbonyl (C=O) groups excluding carboxylic acids is 1. The summed E-state index contributed by atoms with van der Waals surface area (Å²) < 4.78 is 53.7. The fourth-order valence-electron chi connectivity index (χ4n) is 2.24. The van der Waals surface area contributed by atoms with E-state index >= 15 is 0 Å². The Hall–Kier alpha value is -3.23. The molecule has 144 valence electrons. The second-order valence-corrected chi connectivity index (χ2v) is 5.24. The molecule has 0 aliphatic carbocycles. The van der Waals surface area contributed by atoms with Crippen molar-refractivity contribution in [1.82, 2.24) is 5.43 Å². The summed E-state index contributed by atoms with van der Waals surface area (Å²) in [6, 6.07) is 7.25. The summed E-state index contributed by atoms with van der Waals surface area (Å²) in [5.74, 6) is 0.403. The highest BCUT2D eigenvalue weighted by molar-refractivity contribution is 5.95. The smallest absolute Gasteiger partial charge is 0.416 e. The van der Waals surface area contributed by atoms with Gasteiger partial charge in [0.05, 0.1) is 33.1 Å². The van der Waals surface area contributed by atoms with Crippen LogP contribution in [0.1, 0.15) is 21.5 Å². The maximum atomic E-state index is 12.7. The Morgan fingerprint density at radius 2 is 1.67 bits per heavy atom. The molecule has 0 aliphatic rings. The molecule has 9 heteroatoms. The summed E-state index contributed by atoms with van der Waals surface area (Å²) in [7, 11) is 4.37. The number of carbonyl (C=O) groups is 1. The minimum absolute atomic E-state index is 0.160. The normalized spacial score (nSPS) is 11.3. The minimum Gasteiger partial charge on any atom is -0.493 e. The van der Waals surface area contributed by atoms with Gasteiger partial charge < -0.3 is 14.2 Å². The van der Waals surface area contributed by atoms with Gasteiger partial charge in [-0.25, -0.2) is 5.43 Å². The zero-order valence-electron chi connectivity index (χ0n) is 14.8. The van der Waals surface area contributed by atoms with E-state index in [9.17, 15) is 18.0 Å². The van der Waals surface area contributed by atoms with Gasteiger partial charge in [-0.1, -0.05) is 6.07 Å². The van der Waals surface area contributed by atoms with Crippen LogP contribution in [0.4, 0.5) is 13.2 Å². The van der Waals surface area contributed by atoms with Crippen LogP contribution >= 0.6 is 0 Å². The average molecular weight is 382 g/mol. The van der Waals surface area contributed by atoms with E-state index in [1.54, 1.807) is 12.1 Å². The molecule has 0 radical (unpaired) electrons. The zero-order valence-corrected chi connectivity index (χ0v) is 14.8. The monoisotopic (exact) mass is 382 g/mol. The van der Waals surface area contributed by atoms with Gasteiger partial charge in [-0.15, -0.1) is 0 Å². The molecule has 0 atom stereocenters. The number of hydrogen-bond acceptors (Lipinski definition) is 5. The van der Waals surface area contributed by atoms with E-state index < -0.39 is 17.6 Å². The number of nitrogens with one attached hydrogen (secondary N) is 1. The second kappa shape index (κ2) is 8.43. The van der Waals surface area contributed by atoms with Crippen molar-refractivity contribution in [2.24, 2.45) is 5.10 Å². The molecule has 0 saturated heterocycles. The van der Waals surface area contributed by atoms with Gasteiger partial charge in [-0.2, -0.15) is 18.3 Å². The Morgan fingerprint density at radius 3 is 2.19 bits per heavy atom. The van der Waals surface area contributed by atoms with Crippen LogP contribution in [-0.2, 0) is 6.18 Å². The van der Waals surface area contributed by atoms with Gasteiger partial charge in [0.2, 0.25) is 5.75 Å². The standard InChI is InChI=1S/C18H17F3N2O4/c1-25-14-7-11(8-15(26-2)16(14)27-3)10-22-23-17(24)12-5-4-6-13(9-12)18(19,20)21/h4-10H,1-3H3,(H,23,24)/b22-10+. The first kappa shape index (κ1) is 20.1. The fraction of sp³-hybridized carbons (Fsp3) is 0.222.